The molecule has 0 saturated heterocycles. The summed E-state index contributed by atoms with van der Waals surface area (Å²) in [5, 5.41) is 4.28. The summed E-state index contributed by atoms with van der Waals surface area (Å²) in [5.74, 6) is -1.94. The minimum atomic E-state index is -4.52. The molecular weight excluding hydrogens is 571 g/mol. The van der Waals surface area contributed by atoms with Crippen LogP contribution in [0.4, 0.5) is 13.2 Å². The van der Waals surface area contributed by atoms with E-state index in [9.17, 15) is 31.2 Å². The molecule has 1 heterocycles. The number of hydrogen-bond acceptors (Lipinski definition) is 10. The summed E-state index contributed by atoms with van der Waals surface area (Å²) in [6.07, 6.45) is -3.75. The van der Waals surface area contributed by atoms with E-state index in [1.165, 1.54) is 18.2 Å². The van der Waals surface area contributed by atoms with Crippen LogP contribution in [0.5, 0.6) is 5.75 Å². The normalized spacial score (nSPS) is 11.6. The van der Waals surface area contributed by atoms with E-state index >= 15 is 0 Å². The highest BCUT2D eigenvalue weighted by atomic mass is 35.5. The highest BCUT2D eigenvalue weighted by molar-refractivity contribution is 7.86. The summed E-state index contributed by atoms with van der Waals surface area (Å²) >= 11 is 6.01. The number of aromatic nitrogens is 2. The van der Waals surface area contributed by atoms with Crippen molar-refractivity contribution < 1.29 is 44.5 Å². The van der Waals surface area contributed by atoms with E-state index in [1.54, 1.807) is 0 Å². The largest absolute Gasteiger partial charge is 0.457 e. The predicted molar refractivity (Wildman–Crippen MR) is 134 cm³/mol. The van der Waals surface area contributed by atoms with Crippen molar-refractivity contribution in [1.82, 2.24) is 14.7 Å². The Morgan fingerprint density at radius 3 is 2.31 bits per heavy atom. The maximum absolute atomic E-state index is 12.7. The molecule has 0 unspecified atom stereocenters. The predicted octanol–water partition coefficient (Wildman–Crippen LogP) is 3.26. The van der Waals surface area contributed by atoms with E-state index in [-0.39, 0.29) is 28.8 Å². The van der Waals surface area contributed by atoms with E-state index in [4.69, 9.17) is 25.5 Å². The molecule has 214 valence electrons. The number of alkyl halides is 3. The first kappa shape index (κ1) is 31.8. The van der Waals surface area contributed by atoms with Gasteiger partial charge in [0.1, 0.15) is 5.75 Å². The van der Waals surface area contributed by atoms with Crippen molar-refractivity contribution in [2.24, 2.45) is 0 Å². The summed E-state index contributed by atoms with van der Waals surface area (Å²) in [7, 11) is 2.17. The van der Waals surface area contributed by atoms with Gasteiger partial charge in [-0.3, -0.25) is 4.18 Å². The second-order valence-corrected chi connectivity index (χ2v) is 10.3. The molecule has 39 heavy (non-hydrogen) atoms. The van der Waals surface area contributed by atoms with Crippen molar-refractivity contribution in [2.45, 2.75) is 12.7 Å². The molecule has 0 spiro atoms. The Hall–Kier alpha value is -3.40. The first-order valence-electron chi connectivity index (χ1n) is 10.8. The Balaban J connectivity index is 0.00000124. The van der Waals surface area contributed by atoms with E-state index in [0.717, 1.165) is 35.2 Å². The van der Waals surface area contributed by atoms with Gasteiger partial charge >= 0.3 is 17.9 Å². The van der Waals surface area contributed by atoms with Crippen LogP contribution in [0.3, 0.4) is 0 Å². The average molecular weight is 596 g/mol. The maximum Gasteiger partial charge on any atom is 0.437 e. The number of esters is 1. The summed E-state index contributed by atoms with van der Waals surface area (Å²) in [6.45, 7) is -1.65. The molecule has 3 aromatic rings. The average Bonchev–Trinajstić information content (AvgIpc) is 3.18. The zero-order chi connectivity index (χ0) is 29.4. The van der Waals surface area contributed by atoms with Crippen LogP contribution < -0.4 is 10.5 Å². The molecule has 0 atom stereocenters. The third-order valence-electron chi connectivity index (χ3n) is 4.23. The van der Waals surface area contributed by atoms with Gasteiger partial charge in [0.25, 0.3) is 10.1 Å². The minimum Gasteiger partial charge on any atom is -0.457 e. The third-order valence-corrected chi connectivity index (χ3v) is 5.01. The summed E-state index contributed by atoms with van der Waals surface area (Å²) in [4.78, 5) is 25.8. The molecule has 2 aromatic carbocycles. The molecule has 11 nitrogen and oxygen atoms in total. The molecule has 16 heteroatoms. The highest BCUT2D eigenvalue weighted by Crippen LogP contribution is 2.30. The first-order valence-corrected chi connectivity index (χ1v) is 13.0. The number of halogens is 4. The molecular formula is C23H25ClF3N3O8S. The molecule has 0 aliphatic heterocycles. The van der Waals surface area contributed by atoms with Gasteiger partial charge in [-0.15, -0.1) is 5.10 Å². The van der Waals surface area contributed by atoms with Gasteiger partial charge in [0, 0.05) is 16.1 Å². The lowest BCUT2D eigenvalue weighted by molar-refractivity contribution is -0.152. The summed E-state index contributed by atoms with van der Waals surface area (Å²) in [6, 6.07) is 8.25. The SMILES string of the molecule is CN(C)C.CS(=O)(=O)OCC(=O)OCOc1ccc(Cl)cc1Cn1nc(-c2ccc(C(F)(F)F)cc2)oc1=O. The number of carbonyl (C=O) groups excluding carboxylic acids is 1. The molecule has 0 fully saturated rings. The van der Waals surface area contributed by atoms with Crippen LogP contribution in [0.2, 0.25) is 5.02 Å². The summed E-state index contributed by atoms with van der Waals surface area (Å²) in [5.41, 5.74) is -0.387. The lowest BCUT2D eigenvalue weighted by atomic mass is 10.1. The van der Waals surface area contributed by atoms with Gasteiger partial charge in [-0.2, -0.15) is 26.3 Å². The summed E-state index contributed by atoms with van der Waals surface area (Å²) < 4.78 is 80.4. The zero-order valence-electron chi connectivity index (χ0n) is 21.2. The van der Waals surface area contributed by atoms with Gasteiger partial charge in [0.05, 0.1) is 18.4 Å². The molecule has 0 N–H and O–H groups in total. The standard InChI is InChI=1S/C20H16ClF3N2O8S.C3H9N/c1-35(29,30)33-10-17(27)32-11-31-16-7-6-15(21)8-13(16)9-26-19(28)34-18(25-26)12-2-4-14(5-3-12)20(22,23)24;1-4(2)3/h2-8H,9-11H2,1H3;1-3H3. The third kappa shape index (κ3) is 11.1. The van der Waals surface area contributed by atoms with Crippen LogP contribution >= 0.6 is 11.6 Å². The lowest BCUT2D eigenvalue weighted by Gasteiger charge is -2.12. The molecule has 0 amide bonds. The van der Waals surface area contributed by atoms with E-state index < -0.39 is 47.0 Å². The molecule has 1 aromatic heterocycles. The molecule has 0 radical (unpaired) electrons. The fraction of sp³-hybridized carbons (Fsp3) is 0.348. The van der Waals surface area contributed by atoms with Crippen LogP contribution in [0.25, 0.3) is 11.5 Å². The topological polar surface area (TPSA) is 130 Å². The Kier molecular flexibility index (Phi) is 11.1. The van der Waals surface area contributed by atoms with Crippen LogP contribution in [0.15, 0.2) is 51.7 Å². The van der Waals surface area contributed by atoms with Crippen LogP contribution in [-0.2, 0) is 36.6 Å². The van der Waals surface area contributed by atoms with Gasteiger partial charge < -0.3 is 18.8 Å². The Morgan fingerprint density at radius 2 is 1.74 bits per heavy atom. The Morgan fingerprint density at radius 1 is 1.13 bits per heavy atom. The molecule has 0 saturated carbocycles. The Labute approximate surface area is 226 Å². The van der Waals surface area contributed by atoms with Crippen molar-refractivity contribution >= 4 is 27.7 Å². The molecule has 0 aliphatic carbocycles. The van der Waals surface area contributed by atoms with Crippen molar-refractivity contribution in [3.8, 4) is 17.2 Å². The number of hydrogen-bond donors (Lipinski definition) is 0. The highest BCUT2D eigenvalue weighted by Gasteiger charge is 2.30. The maximum atomic E-state index is 12.7. The number of ether oxygens (including phenoxy) is 2. The van der Waals surface area contributed by atoms with Gasteiger partial charge in [-0.25, -0.2) is 9.59 Å². The van der Waals surface area contributed by atoms with Gasteiger partial charge in [0.15, 0.2) is 6.61 Å². The second kappa shape index (κ2) is 13.6. The van der Waals surface area contributed by atoms with Crippen LogP contribution in [0.1, 0.15) is 11.1 Å². The smallest absolute Gasteiger partial charge is 0.437 e. The van der Waals surface area contributed by atoms with Gasteiger partial charge in [-0.05, 0) is 63.6 Å². The van der Waals surface area contributed by atoms with Crippen LogP contribution in [-0.4, -0.2) is 69.9 Å². The number of benzene rings is 2. The van der Waals surface area contributed by atoms with Gasteiger partial charge in [-0.1, -0.05) is 11.6 Å². The van der Waals surface area contributed by atoms with Crippen LogP contribution in [0, 0.1) is 0 Å². The van der Waals surface area contributed by atoms with Crippen molar-refractivity contribution in [3.63, 3.8) is 0 Å². The number of nitrogens with zero attached hydrogens (tertiary/aromatic N) is 3. The Bertz CT molecular complexity index is 1420. The van der Waals surface area contributed by atoms with Crippen molar-refractivity contribution in [1.29, 1.82) is 0 Å². The number of carbonyl (C=O) groups is 1. The van der Waals surface area contributed by atoms with Crippen molar-refractivity contribution in [3.05, 3.63) is 69.2 Å². The molecule has 3 rings (SSSR count). The fourth-order valence-electron chi connectivity index (χ4n) is 2.65. The minimum absolute atomic E-state index is 0.150. The van der Waals surface area contributed by atoms with E-state index in [1.807, 2.05) is 26.0 Å². The molecule has 0 aliphatic rings. The quantitative estimate of drug-likeness (QED) is 0.206. The molecule has 0 bridgehead atoms. The zero-order valence-corrected chi connectivity index (χ0v) is 22.8. The van der Waals surface area contributed by atoms with Crippen molar-refractivity contribution in [2.75, 3.05) is 40.8 Å². The number of rotatable bonds is 9. The second-order valence-electron chi connectivity index (χ2n) is 8.24. The fourth-order valence-corrected chi connectivity index (χ4v) is 3.16. The van der Waals surface area contributed by atoms with Gasteiger partial charge in [0.2, 0.25) is 12.7 Å². The lowest BCUT2D eigenvalue weighted by Crippen LogP contribution is -2.19. The first-order chi connectivity index (χ1) is 18.0. The van der Waals surface area contributed by atoms with E-state index in [0.29, 0.717) is 5.56 Å². The monoisotopic (exact) mass is 595 g/mol. The van der Waals surface area contributed by atoms with E-state index in [2.05, 4.69) is 9.28 Å².